The molecule has 3 nitrogen and oxygen atoms in total. The maximum absolute atomic E-state index is 12.6. The summed E-state index contributed by atoms with van der Waals surface area (Å²) in [6.45, 7) is -0.0182. The van der Waals surface area contributed by atoms with Crippen LogP contribution >= 0.6 is 0 Å². The molecule has 1 aromatic rings. The van der Waals surface area contributed by atoms with Crippen molar-refractivity contribution in [3.05, 3.63) is 23.6 Å². The molecule has 0 fully saturated rings. The molecule has 0 spiro atoms. The van der Waals surface area contributed by atoms with E-state index in [1.807, 2.05) is 0 Å². The van der Waals surface area contributed by atoms with E-state index in [9.17, 15) is 4.39 Å². The summed E-state index contributed by atoms with van der Waals surface area (Å²) < 4.78 is 12.6. The van der Waals surface area contributed by atoms with Crippen LogP contribution in [0.2, 0.25) is 0 Å². The molecule has 0 atom stereocenters. The summed E-state index contributed by atoms with van der Waals surface area (Å²) in [6, 6.07) is 1.21. The average molecular weight is 180 g/mol. The third kappa shape index (κ3) is 2.73. The van der Waals surface area contributed by atoms with E-state index in [-0.39, 0.29) is 12.4 Å². The van der Waals surface area contributed by atoms with Gasteiger partial charge in [0.1, 0.15) is 11.6 Å². The third-order valence-electron chi connectivity index (χ3n) is 1.35. The number of aromatic nitrogens is 1. The maximum Gasteiger partial charge on any atom is 0.142 e. The molecule has 0 unspecified atom stereocenters. The second-order valence-corrected chi connectivity index (χ2v) is 2.36. The van der Waals surface area contributed by atoms with Crippen LogP contribution in [0.3, 0.4) is 0 Å². The molecule has 0 aliphatic rings. The molecule has 68 valence electrons. The minimum Gasteiger partial charge on any atom is -0.395 e. The van der Waals surface area contributed by atoms with Crippen LogP contribution in [0, 0.1) is 17.7 Å². The van der Waals surface area contributed by atoms with Crippen LogP contribution in [0.15, 0.2) is 12.3 Å². The Kier molecular flexibility index (Phi) is 3.23. The molecular weight excluding hydrogens is 171 g/mol. The summed E-state index contributed by atoms with van der Waals surface area (Å²) in [5.41, 5.74) is 5.78. The number of aliphatic hydroxyl groups excluding tert-OH is 1. The van der Waals surface area contributed by atoms with Crippen LogP contribution < -0.4 is 5.73 Å². The Bertz CT molecular complexity index is 354. The Balaban J connectivity index is 2.89. The second kappa shape index (κ2) is 4.43. The number of anilines is 1. The molecule has 0 radical (unpaired) electrons. The van der Waals surface area contributed by atoms with Gasteiger partial charge in [-0.05, 0) is 6.07 Å². The number of hydrogen-bond donors (Lipinski definition) is 2. The molecule has 1 heterocycles. The van der Waals surface area contributed by atoms with Gasteiger partial charge in [0.25, 0.3) is 0 Å². The van der Waals surface area contributed by atoms with E-state index in [1.165, 1.54) is 6.07 Å². The summed E-state index contributed by atoms with van der Waals surface area (Å²) in [6.07, 6.45) is 1.38. The number of rotatable bonds is 1. The zero-order valence-electron chi connectivity index (χ0n) is 6.92. The van der Waals surface area contributed by atoms with Crippen molar-refractivity contribution >= 4 is 5.82 Å². The molecule has 4 heteroatoms. The van der Waals surface area contributed by atoms with E-state index in [4.69, 9.17) is 10.8 Å². The van der Waals surface area contributed by atoms with Gasteiger partial charge in [-0.2, -0.15) is 0 Å². The monoisotopic (exact) mass is 180 g/mol. The standard InChI is InChI=1S/C9H9FN2O/c10-8-5-7(3-1-2-4-13)9(11)12-6-8/h5-6,13H,2,4H2,(H2,11,12). The summed E-state index contributed by atoms with van der Waals surface area (Å²) in [5, 5.41) is 8.44. The molecule has 0 saturated heterocycles. The number of halogens is 1. The molecule has 0 aromatic carbocycles. The summed E-state index contributed by atoms with van der Waals surface area (Å²) >= 11 is 0. The molecule has 0 bridgehead atoms. The lowest BCUT2D eigenvalue weighted by atomic mass is 10.2. The number of nitrogens with two attached hydrogens (primary N) is 1. The van der Waals surface area contributed by atoms with E-state index in [0.29, 0.717) is 12.0 Å². The highest BCUT2D eigenvalue weighted by molar-refractivity contribution is 5.50. The lowest BCUT2D eigenvalue weighted by Gasteiger charge is -1.95. The van der Waals surface area contributed by atoms with Gasteiger partial charge in [0.15, 0.2) is 0 Å². The summed E-state index contributed by atoms with van der Waals surface area (Å²) in [5.74, 6) is 4.98. The first-order valence-electron chi connectivity index (χ1n) is 3.75. The zero-order chi connectivity index (χ0) is 9.68. The highest BCUT2D eigenvalue weighted by Crippen LogP contribution is 2.07. The van der Waals surface area contributed by atoms with Gasteiger partial charge in [0.2, 0.25) is 0 Å². The van der Waals surface area contributed by atoms with Crippen molar-refractivity contribution in [2.45, 2.75) is 6.42 Å². The Morgan fingerprint density at radius 1 is 1.62 bits per heavy atom. The summed E-state index contributed by atoms with van der Waals surface area (Å²) in [4.78, 5) is 3.60. The molecule has 1 aromatic heterocycles. The van der Waals surface area contributed by atoms with E-state index in [1.54, 1.807) is 0 Å². The quantitative estimate of drug-likeness (QED) is 0.620. The fourth-order valence-electron chi connectivity index (χ4n) is 0.764. The largest absolute Gasteiger partial charge is 0.395 e. The number of nitrogen functional groups attached to an aromatic ring is 1. The maximum atomic E-state index is 12.6. The smallest absolute Gasteiger partial charge is 0.142 e. The number of hydrogen-bond acceptors (Lipinski definition) is 3. The highest BCUT2D eigenvalue weighted by Gasteiger charge is 1.97. The molecule has 1 rings (SSSR count). The van der Waals surface area contributed by atoms with Gasteiger partial charge < -0.3 is 10.8 Å². The van der Waals surface area contributed by atoms with Crippen molar-refractivity contribution in [3.63, 3.8) is 0 Å². The molecular formula is C9H9FN2O. The Labute approximate surface area is 75.4 Å². The van der Waals surface area contributed by atoms with Gasteiger partial charge >= 0.3 is 0 Å². The Morgan fingerprint density at radius 2 is 2.38 bits per heavy atom. The SMILES string of the molecule is Nc1ncc(F)cc1C#CCCO. The molecule has 0 saturated carbocycles. The molecule has 0 aliphatic carbocycles. The van der Waals surface area contributed by atoms with Crippen LogP contribution in [-0.4, -0.2) is 16.7 Å². The topological polar surface area (TPSA) is 59.1 Å². The lowest BCUT2D eigenvalue weighted by molar-refractivity contribution is 0.305. The first-order chi connectivity index (χ1) is 6.24. The predicted molar refractivity (Wildman–Crippen MR) is 47.2 cm³/mol. The van der Waals surface area contributed by atoms with Crippen molar-refractivity contribution in [2.24, 2.45) is 0 Å². The zero-order valence-corrected chi connectivity index (χ0v) is 6.92. The van der Waals surface area contributed by atoms with Gasteiger partial charge in [-0.1, -0.05) is 11.8 Å². The van der Waals surface area contributed by atoms with Crippen LogP contribution in [0.5, 0.6) is 0 Å². The van der Waals surface area contributed by atoms with Gasteiger partial charge in [-0.15, -0.1) is 0 Å². The number of aliphatic hydroxyl groups is 1. The Hall–Kier alpha value is -1.60. The van der Waals surface area contributed by atoms with E-state index in [0.717, 1.165) is 6.20 Å². The number of pyridine rings is 1. The molecule has 0 amide bonds. The van der Waals surface area contributed by atoms with Crippen LogP contribution in [-0.2, 0) is 0 Å². The van der Waals surface area contributed by atoms with Crippen LogP contribution in [0.25, 0.3) is 0 Å². The molecule has 3 N–H and O–H groups in total. The molecule has 13 heavy (non-hydrogen) atoms. The first kappa shape index (κ1) is 9.49. The van der Waals surface area contributed by atoms with E-state index in [2.05, 4.69) is 16.8 Å². The van der Waals surface area contributed by atoms with Crippen LogP contribution in [0.4, 0.5) is 10.2 Å². The van der Waals surface area contributed by atoms with Crippen molar-refractivity contribution in [2.75, 3.05) is 12.3 Å². The predicted octanol–water partition coefficient (Wildman–Crippen LogP) is 0.537. The Morgan fingerprint density at radius 3 is 3.08 bits per heavy atom. The second-order valence-electron chi connectivity index (χ2n) is 2.36. The minimum absolute atomic E-state index is 0.0182. The van der Waals surface area contributed by atoms with Gasteiger partial charge in [0, 0.05) is 6.42 Å². The first-order valence-corrected chi connectivity index (χ1v) is 3.75. The minimum atomic E-state index is -0.470. The van der Waals surface area contributed by atoms with Gasteiger partial charge in [0.05, 0.1) is 18.4 Å². The highest BCUT2D eigenvalue weighted by atomic mass is 19.1. The normalized spacial score (nSPS) is 9.08. The molecule has 0 aliphatic heterocycles. The van der Waals surface area contributed by atoms with E-state index >= 15 is 0 Å². The van der Waals surface area contributed by atoms with Gasteiger partial charge in [-0.3, -0.25) is 0 Å². The van der Waals surface area contributed by atoms with Crippen molar-refractivity contribution < 1.29 is 9.50 Å². The summed E-state index contributed by atoms with van der Waals surface area (Å²) in [7, 11) is 0. The van der Waals surface area contributed by atoms with Crippen molar-refractivity contribution in [3.8, 4) is 11.8 Å². The van der Waals surface area contributed by atoms with Crippen molar-refractivity contribution in [1.29, 1.82) is 0 Å². The third-order valence-corrected chi connectivity index (χ3v) is 1.35. The van der Waals surface area contributed by atoms with Crippen molar-refractivity contribution in [1.82, 2.24) is 4.98 Å². The van der Waals surface area contributed by atoms with E-state index < -0.39 is 5.82 Å². The fourth-order valence-corrected chi connectivity index (χ4v) is 0.764. The van der Waals surface area contributed by atoms with Crippen LogP contribution in [0.1, 0.15) is 12.0 Å². The fraction of sp³-hybridized carbons (Fsp3) is 0.222. The average Bonchev–Trinajstić information content (AvgIpc) is 2.11. The number of nitrogens with zero attached hydrogens (tertiary/aromatic N) is 1. The van der Waals surface area contributed by atoms with Gasteiger partial charge in [-0.25, -0.2) is 9.37 Å². The lowest BCUT2D eigenvalue weighted by Crippen LogP contribution is -1.95.